The fourth-order valence-electron chi connectivity index (χ4n) is 3.39. The van der Waals surface area contributed by atoms with Gasteiger partial charge in [0, 0.05) is 5.54 Å². The van der Waals surface area contributed by atoms with Crippen LogP contribution in [0.15, 0.2) is 18.2 Å². The monoisotopic (exact) mass is 294 g/mol. The molecule has 0 heterocycles. The minimum absolute atomic E-state index is 0.00331. The second-order valence-corrected chi connectivity index (χ2v) is 5.50. The van der Waals surface area contributed by atoms with Crippen molar-refractivity contribution in [1.29, 1.82) is 0 Å². The standard InChI is InChI=1S/C17H30N2O2/c1-8-17(9-2,19(4)5)16(18-3)15-13(20-6)11-10-12-14(15)21-7/h10-12,16,18H,8-9H2,1-7H3. The summed E-state index contributed by atoms with van der Waals surface area (Å²) in [6.07, 6.45) is 2.06. The molecule has 0 fully saturated rings. The van der Waals surface area contributed by atoms with Crippen LogP contribution in [0.2, 0.25) is 0 Å². The van der Waals surface area contributed by atoms with Crippen LogP contribution >= 0.6 is 0 Å². The van der Waals surface area contributed by atoms with Crippen molar-refractivity contribution >= 4 is 0 Å². The van der Waals surface area contributed by atoms with Crippen molar-refractivity contribution in [3.8, 4) is 11.5 Å². The van der Waals surface area contributed by atoms with Crippen LogP contribution in [0.4, 0.5) is 0 Å². The highest BCUT2D eigenvalue weighted by molar-refractivity contribution is 5.48. The Bertz CT molecular complexity index is 420. The quantitative estimate of drug-likeness (QED) is 0.799. The maximum atomic E-state index is 5.60. The van der Waals surface area contributed by atoms with Crippen LogP contribution in [0.1, 0.15) is 38.3 Å². The first-order valence-electron chi connectivity index (χ1n) is 7.57. The van der Waals surface area contributed by atoms with Crippen LogP contribution in [0.3, 0.4) is 0 Å². The van der Waals surface area contributed by atoms with Gasteiger partial charge in [-0.1, -0.05) is 19.9 Å². The number of rotatable bonds is 8. The molecular weight excluding hydrogens is 264 g/mol. The number of nitrogens with one attached hydrogen (secondary N) is 1. The molecule has 1 rings (SSSR count). The summed E-state index contributed by atoms with van der Waals surface area (Å²) in [5.41, 5.74) is 1.08. The third kappa shape index (κ3) is 3.16. The molecule has 4 nitrogen and oxygen atoms in total. The van der Waals surface area contributed by atoms with Crippen molar-refractivity contribution in [2.45, 2.75) is 38.3 Å². The van der Waals surface area contributed by atoms with Gasteiger partial charge in [-0.05, 0) is 46.1 Å². The highest BCUT2D eigenvalue weighted by Gasteiger charge is 2.40. The van der Waals surface area contributed by atoms with E-state index in [-0.39, 0.29) is 11.6 Å². The molecule has 1 aromatic rings. The fraction of sp³-hybridized carbons (Fsp3) is 0.647. The maximum Gasteiger partial charge on any atom is 0.127 e. The molecule has 4 heteroatoms. The largest absolute Gasteiger partial charge is 0.496 e. The molecule has 21 heavy (non-hydrogen) atoms. The van der Waals surface area contributed by atoms with Gasteiger partial charge < -0.3 is 19.7 Å². The molecule has 0 spiro atoms. The van der Waals surface area contributed by atoms with Crippen molar-refractivity contribution in [3.63, 3.8) is 0 Å². The molecule has 0 aliphatic heterocycles. The number of methoxy groups -OCH3 is 2. The van der Waals surface area contributed by atoms with Gasteiger partial charge in [0.25, 0.3) is 0 Å². The maximum absolute atomic E-state index is 5.60. The molecule has 1 aromatic carbocycles. The molecule has 1 atom stereocenters. The minimum atomic E-state index is -0.00331. The molecule has 0 aromatic heterocycles. The van der Waals surface area contributed by atoms with Gasteiger partial charge in [0.15, 0.2) is 0 Å². The Balaban J connectivity index is 3.51. The summed E-state index contributed by atoms with van der Waals surface area (Å²) in [6.45, 7) is 4.46. The van der Waals surface area contributed by atoms with E-state index in [1.54, 1.807) is 14.2 Å². The van der Waals surface area contributed by atoms with Crippen molar-refractivity contribution in [2.24, 2.45) is 0 Å². The summed E-state index contributed by atoms with van der Waals surface area (Å²) >= 11 is 0. The molecule has 0 saturated heterocycles. The predicted octanol–water partition coefficient (Wildman–Crippen LogP) is 3.08. The third-order valence-corrected chi connectivity index (χ3v) is 4.70. The Kier molecular flexibility index (Phi) is 6.49. The lowest BCUT2D eigenvalue weighted by molar-refractivity contribution is 0.0892. The van der Waals surface area contributed by atoms with Gasteiger partial charge in [0.1, 0.15) is 11.5 Å². The van der Waals surface area contributed by atoms with Crippen LogP contribution in [0.5, 0.6) is 11.5 Å². The second-order valence-electron chi connectivity index (χ2n) is 5.50. The summed E-state index contributed by atoms with van der Waals surface area (Å²) in [7, 11) is 9.69. The smallest absolute Gasteiger partial charge is 0.127 e. The lowest BCUT2D eigenvalue weighted by atomic mass is 9.79. The van der Waals surface area contributed by atoms with Gasteiger partial charge in [0.2, 0.25) is 0 Å². The van der Waals surface area contributed by atoms with E-state index in [9.17, 15) is 0 Å². The number of hydrogen-bond donors (Lipinski definition) is 1. The van der Waals surface area contributed by atoms with Crippen LogP contribution in [0, 0.1) is 0 Å². The lowest BCUT2D eigenvalue weighted by Crippen LogP contribution is -2.52. The van der Waals surface area contributed by atoms with Gasteiger partial charge in [-0.2, -0.15) is 0 Å². The molecule has 1 unspecified atom stereocenters. The number of benzene rings is 1. The molecule has 0 amide bonds. The van der Waals surface area contributed by atoms with E-state index in [1.165, 1.54) is 0 Å². The SMILES string of the molecule is CCC(CC)(C(NC)c1c(OC)cccc1OC)N(C)C. The Labute approximate surface area is 129 Å². The zero-order chi connectivity index (χ0) is 16.0. The van der Waals surface area contributed by atoms with Crippen LogP contribution < -0.4 is 14.8 Å². The second kappa shape index (κ2) is 7.66. The van der Waals surface area contributed by atoms with E-state index in [0.29, 0.717) is 0 Å². The van der Waals surface area contributed by atoms with Gasteiger partial charge in [-0.15, -0.1) is 0 Å². The Hall–Kier alpha value is -1.26. The molecule has 0 radical (unpaired) electrons. The first-order valence-corrected chi connectivity index (χ1v) is 7.57. The zero-order valence-corrected chi connectivity index (χ0v) is 14.5. The fourth-order valence-corrected chi connectivity index (χ4v) is 3.39. The molecule has 0 aliphatic carbocycles. The summed E-state index contributed by atoms with van der Waals surface area (Å²) in [5.74, 6) is 1.73. The Morgan fingerprint density at radius 1 is 1.10 bits per heavy atom. The van der Waals surface area contributed by atoms with Crippen LogP contribution in [-0.4, -0.2) is 45.8 Å². The van der Waals surface area contributed by atoms with Crippen molar-refractivity contribution in [3.05, 3.63) is 23.8 Å². The summed E-state index contributed by atoms with van der Waals surface area (Å²) in [4.78, 5) is 2.31. The summed E-state index contributed by atoms with van der Waals surface area (Å²) in [6, 6.07) is 6.07. The van der Waals surface area contributed by atoms with Crippen molar-refractivity contribution < 1.29 is 9.47 Å². The molecule has 0 saturated carbocycles. The molecule has 0 bridgehead atoms. The van der Waals surface area contributed by atoms with Crippen LogP contribution in [-0.2, 0) is 0 Å². The van der Waals surface area contributed by atoms with Crippen molar-refractivity contribution in [1.82, 2.24) is 10.2 Å². The van der Waals surface area contributed by atoms with Crippen LogP contribution in [0.25, 0.3) is 0 Å². The number of nitrogens with zero attached hydrogens (tertiary/aromatic N) is 1. The molecule has 120 valence electrons. The number of hydrogen-bond acceptors (Lipinski definition) is 4. The van der Waals surface area contributed by atoms with Gasteiger partial charge in [-0.25, -0.2) is 0 Å². The number of ether oxygens (including phenoxy) is 2. The van der Waals surface area contributed by atoms with Gasteiger partial charge >= 0.3 is 0 Å². The molecular formula is C17H30N2O2. The van der Waals surface area contributed by atoms with E-state index in [2.05, 4.69) is 38.2 Å². The Morgan fingerprint density at radius 2 is 1.57 bits per heavy atom. The first-order chi connectivity index (χ1) is 10.0. The highest BCUT2D eigenvalue weighted by Crippen LogP contribution is 2.43. The lowest BCUT2D eigenvalue weighted by Gasteiger charge is -2.45. The first kappa shape index (κ1) is 17.8. The average Bonchev–Trinajstić information content (AvgIpc) is 2.51. The number of likely N-dealkylation sites (N-methyl/N-ethyl adjacent to an activating group) is 2. The van der Waals surface area contributed by atoms with E-state index in [0.717, 1.165) is 29.9 Å². The average molecular weight is 294 g/mol. The minimum Gasteiger partial charge on any atom is -0.496 e. The predicted molar refractivity (Wildman–Crippen MR) is 88.3 cm³/mol. The van der Waals surface area contributed by atoms with Crippen molar-refractivity contribution in [2.75, 3.05) is 35.4 Å². The summed E-state index contributed by atoms with van der Waals surface area (Å²) < 4.78 is 11.2. The van der Waals surface area contributed by atoms with E-state index < -0.39 is 0 Å². The summed E-state index contributed by atoms with van der Waals surface area (Å²) in [5, 5.41) is 3.49. The molecule has 0 aliphatic rings. The Morgan fingerprint density at radius 3 is 1.86 bits per heavy atom. The normalized spacial score (nSPS) is 13.3. The van der Waals surface area contributed by atoms with Gasteiger partial charge in [0.05, 0.1) is 25.8 Å². The third-order valence-electron chi connectivity index (χ3n) is 4.70. The molecule has 1 N–H and O–H groups in total. The van der Waals surface area contributed by atoms with E-state index in [1.807, 2.05) is 25.2 Å². The van der Waals surface area contributed by atoms with E-state index >= 15 is 0 Å². The topological polar surface area (TPSA) is 33.7 Å². The van der Waals surface area contributed by atoms with E-state index in [4.69, 9.17) is 9.47 Å². The highest BCUT2D eigenvalue weighted by atomic mass is 16.5. The van der Waals surface area contributed by atoms with Gasteiger partial charge in [-0.3, -0.25) is 0 Å². The zero-order valence-electron chi connectivity index (χ0n) is 14.5.